The number of aliphatic hydroxyl groups excluding tert-OH is 1. The molecule has 1 aromatic rings. The van der Waals surface area contributed by atoms with Gasteiger partial charge in [0.25, 0.3) is 0 Å². The number of aliphatic hydroxyl groups is 1. The van der Waals surface area contributed by atoms with Crippen molar-refractivity contribution in [3.8, 4) is 0 Å². The van der Waals surface area contributed by atoms with Crippen molar-refractivity contribution < 1.29 is 5.11 Å². The molecule has 1 aromatic heterocycles. The van der Waals surface area contributed by atoms with E-state index in [2.05, 4.69) is 10.3 Å². The first-order valence-corrected chi connectivity index (χ1v) is 5.86. The van der Waals surface area contributed by atoms with E-state index in [9.17, 15) is 0 Å². The van der Waals surface area contributed by atoms with Gasteiger partial charge in [0.1, 0.15) is 0 Å². The van der Waals surface area contributed by atoms with Crippen molar-refractivity contribution in [2.24, 2.45) is 0 Å². The van der Waals surface area contributed by atoms with Crippen molar-refractivity contribution in [3.63, 3.8) is 0 Å². The summed E-state index contributed by atoms with van der Waals surface area (Å²) in [5.41, 5.74) is 3.04. The first-order valence-electron chi connectivity index (χ1n) is 4.98. The molecule has 0 aliphatic carbocycles. The lowest BCUT2D eigenvalue weighted by Gasteiger charge is -2.05. The smallest absolute Gasteiger partial charge is 0.0797 e. The van der Waals surface area contributed by atoms with Crippen LogP contribution in [0, 0.1) is 6.92 Å². The van der Waals surface area contributed by atoms with Crippen LogP contribution in [0.2, 0.25) is 0 Å². The third kappa shape index (κ3) is 4.17. The molecule has 0 saturated heterocycles. The van der Waals surface area contributed by atoms with E-state index in [1.54, 1.807) is 11.3 Å². The third-order valence-corrected chi connectivity index (χ3v) is 3.11. The minimum absolute atomic E-state index is 0.201. The van der Waals surface area contributed by atoms with Crippen LogP contribution in [0.4, 0.5) is 0 Å². The Labute approximate surface area is 89.2 Å². The molecule has 1 heterocycles. The van der Waals surface area contributed by atoms with Crippen LogP contribution in [0.15, 0.2) is 5.51 Å². The Morgan fingerprint density at radius 2 is 2.36 bits per heavy atom. The molecule has 2 N–H and O–H groups in total. The number of thiazole rings is 1. The van der Waals surface area contributed by atoms with Gasteiger partial charge < -0.3 is 10.4 Å². The quantitative estimate of drug-likeness (QED) is 0.703. The molecule has 3 nitrogen and oxygen atoms in total. The monoisotopic (exact) mass is 214 g/mol. The lowest BCUT2D eigenvalue weighted by atomic mass is 10.2. The minimum Gasteiger partial charge on any atom is -0.393 e. The third-order valence-electron chi connectivity index (χ3n) is 2.11. The summed E-state index contributed by atoms with van der Waals surface area (Å²) < 4.78 is 0. The Balaban J connectivity index is 2.08. The second kappa shape index (κ2) is 6.11. The number of hydrogen-bond donors (Lipinski definition) is 2. The molecule has 0 aromatic carbocycles. The van der Waals surface area contributed by atoms with E-state index in [-0.39, 0.29) is 6.10 Å². The normalized spacial score (nSPS) is 13.1. The molecule has 1 rings (SSSR count). The van der Waals surface area contributed by atoms with Crippen molar-refractivity contribution in [2.75, 3.05) is 13.1 Å². The molecule has 1 atom stereocenters. The lowest BCUT2D eigenvalue weighted by Crippen LogP contribution is -2.21. The first kappa shape index (κ1) is 11.6. The second-order valence-electron chi connectivity index (χ2n) is 3.50. The van der Waals surface area contributed by atoms with Gasteiger partial charge in [-0.25, -0.2) is 4.98 Å². The predicted molar refractivity (Wildman–Crippen MR) is 59.7 cm³/mol. The van der Waals surface area contributed by atoms with Gasteiger partial charge in [0, 0.05) is 11.4 Å². The van der Waals surface area contributed by atoms with Crippen LogP contribution >= 0.6 is 11.3 Å². The molecule has 0 bridgehead atoms. The SMILES string of the molecule is Cc1ncsc1CCNCCC(C)O. The molecule has 0 radical (unpaired) electrons. The molecule has 0 amide bonds. The minimum atomic E-state index is -0.201. The summed E-state index contributed by atoms with van der Waals surface area (Å²) in [6, 6.07) is 0. The summed E-state index contributed by atoms with van der Waals surface area (Å²) in [6.45, 7) is 5.71. The second-order valence-corrected chi connectivity index (χ2v) is 4.44. The number of rotatable bonds is 6. The average Bonchev–Trinajstić information content (AvgIpc) is 2.51. The van der Waals surface area contributed by atoms with Crippen molar-refractivity contribution >= 4 is 11.3 Å². The Morgan fingerprint density at radius 1 is 1.57 bits per heavy atom. The molecule has 0 saturated carbocycles. The van der Waals surface area contributed by atoms with E-state index in [4.69, 9.17) is 5.11 Å². The van der Waals surface area contributed by atoms with Crippen LogP contribution in [0.3, 0.4) is 0 Å². The molecule has 80 valence electrons. The van der Waals surface area contributed by atoms with Crippen LogP contribution in [-0.4, -0.2) is 29.3 Å². The van der Waals surface area contributed by atoms with Gasteiger partial charge in [0.05, 0.1) is 17.3 Å². The maximum atomic E-state index is 9.03. The Morgan fingerprint density at radius 3 is 2.93 bits per heavy atom. The summed E-state index contributed by atoms with van der Waals surface area (Å²) in [4.78, 5) is 5.55. The topological polar surface area (TPSA) is 45.2 Å². The van der Waals surface area contributed by atoms with Crippen molar-refractivity contribution in [1.29, 1.82) is 0 Å². The van der Waals surface area contributed by atoms with E-state index < -0.39 is 0 Å². The zero-order valence-electron chi connectivity index (χ0n) is 8.79. The molecule has 14 heavy (non-hydrogen) atoms. The lowest BCUT2D eigenvalue weighted by molar-refractivity contribution is 0.184. The molecule has 0 fully saturated rings. The van der Waals surface area contributed by atoms with E-state index in [0.29, 0.717) is 0 Å². The zero-order chi connectivity index (χ0) is 10.4. The van der Waals surface area contributed by atoms with Crippen molar-refractivity contribution in [2.45, 2.75) is 32.8 Å². The Hall–Kier alpha value is -0.450. The van der Waals surface area contributed by atoms with Crippen molar-refractivity contribution in [1.82, 2.24) is 10.3 Å². The van der Waals surface area contributed by atoms with Gasteiger partial charge in [-0.1, -0.05) is 0 Å². The van der Waals surface area contributed by atoms with Crippen LogP contribution in [0.1, 0.15) is 23.9 Å². The van der Waals surface area contributed by atoms with E-state index >= 15 is 0 Å². The highest BCUT2D eigenvalue weighted by Gasteiger charge is 2.00. The van der Waals surface area contributed by atoms with Crippen molar-refractivity contribution in [3.05, 3.63) is 16.1 Å². The van der Waals surface area contributed by atoms with Gasteiger partial charge in [-0.2, -0.15) is 0 Å². The highest BCUT2D eigenvalue weighted by molar-refractivity contribution is 7.09. The van der Waals surface area contributed by atoms with Crippen LogP contribution in [-0.2, 0) is 6.42 Å². The first-order chi connectivity index (χ1) is 6.70. The van der Waals surface area contributed by atoms with E-state index in [0.717, 1.165) is 31.6 Å². The summed E-state index contributed by atoms with van der Waals surface area (Å²) >= 11 is 1.71. The zero-order valence-corrected chi connectivity index (χ0v) is 9.60. The number of aryl methyl sites for hydroxylation is 1. The molecule has 4 heteroatoms. The highest BCUT2D eigenvalue weighted by atomic mass is 32.1. The number of nitrogens with zero attached hydrogens (tertiary/aromatic N) is 1. The molecule has 0 spiro atoms. The fourth-order valence-corrected chi connectivity index (χ4v) is 1.99. The maximum absolute atomic E-state index is 9.03. The number of aromatic nitrogens is 1. The highest BCUT2D eigenvalue weighted by Crippen LogP contribution is 2.11. The maximum Gasteiger partial charge on any atom is 0.0797 e. The van der Waals surface area contributed by atoms with E-state index in [1.807, 2.05) is 19.4 Å². The summed E-state index contributed by atoms with van der Waals surface area (Å²) in [5.74, 6) is 0. The fraction of sp³-hybridized carbons (Fsp3) is 0.700. The van der Waals surface area contributed by atoms with Gasteiger partial charge in [-0.15, -0.1) is 11.3 Å². The number of nitrogens with one attached hydrogen (secondary N) is 1. The summed E-state index contributed by atoms with van der Waals surface area (Å²) in [6.07, 6.45) is 1.66. The summed E-state index contributed by atoms with van der Waals surface area (Å²) in [5, 5.41) is 12.3. The predicted octanol–water partition coefficient (Wildman–Crippen LogP) is 1.35. The van der Waals surface area contributed by atoms with Gasteiger partial charge in [0.15, 0.2) is 0 Å². The van der Waals surface area contributed by atoms with Crippen LogP contribution in [0.5, 0.6) is 0 Å². The molecule has 1 unspecified atom stereocenters. The number of hydrogen-bond acceptors (Lipinski definition) is 4. The fourth-order valence-electron chi connectivity index (χ4n) is 1.20. The molecule has 0 aliphatic heterocycles. The Bertz CT molecular complexity index is 260. The van der Waals surface area contributed by atoms with Crippen LogP contribution in [0.25, 0.3) is 0 Å². The molecular weight excluding hydrogens is 196 g/mol. The Kier molecular flexibility index (Phi) is 5.07. The largest absolute Gasteiger partial charge is 0.393 e. The summed E-state index contributed by atoms with van der Waals surface area (Å²) in [7, 11) is 0. The van der Waals surface area contributed by atoms with E-state index in [1.165, 1.54) is 4.88 Å². The van der Waals surface area contributed by atoms with Gasteiger partial charge in [-0.3, -0.25) is 0 Å². The standard InChI is InChI=1S/C10H18N2OS/c1-8(13)3-5-11-6-4-10-9(2)12-7-14-10/h7-8,11,13H,3-6H2,1-2H3. The van der Waals surface area contributed by atoms with Crippen LogP contribution < -0.4 is 5.32 Å². The van der Waals surface area contributed by atoms with Gasteiger partial charge in [-0.05, 0) is 33.2 Å². The van der Waals surface area contributed by atoms with Gasteiger partial charge in [0.2, 0.25) is 0 Å². The average molecular weight is 214 g/mol. The molecule has 0 aliphatic rings. The molecular formula is C10H18N2OS. The van der Waals surface area contributed by atoms with Gasteiger partial charge >= 0.3 is 0 Å².